The summed E-state index contributed by atoms with van der Waals surface area (Å²) in [6.45, 7) is 0. The van der Waals surface area contributed by atoms with E-state index in [-0.39, 0.29) is 10.6 Å². The van der Waals surface area contributed by atoms with E-state index in [2.05, 4.69) is 0 Å². The second kappa shape index (κ2) is 4.97. The minimum Gasteiger partial charge on any atom is -0.323 e. The van der Waals surface area contributed by atoms with E-state index in [9.17, 15) is 26.3 Å². The SMILES string of the molecule is NC(c1cccc(Cl)c1)C(C(F)(F)F)C(F)(F)F. The van der Waals surface area contributed by atoms with Gasteiger partial charge in [-0.05, 0) is 17.7 Å². The molecule has 1 nitrogen and oxygen atoms in total. The lowest BCUT2D eigenvalue weighted by atomic mass is 9.92. The Kier molecular flexibility index (Phi) is 4.17. The molecule has 1 aromatic rings. The highest BCUT2D eigenvalue weighted by atomic mass is 35.5. The molecule has 2 N–H and O–H groups in total. The Bertz CT molecular complexity index is 400. The molecule has 0 aromatic heterocycles. The van der Waals surface area contributed by atoms with Crippen LogP contribution in [0.1, 0.15) is 11.6 Å². The van der Waals surface area contributed by atoms with Crippen molar-refractivity contribution in [1.82, 2.24) is 0 Å². The van der Waals surface area contributed by atoms with Crippen molar-refractivity contribution >= 4 is 11.6 Å². The van der Waals surface area contributed by atoms with Gasteiger partial charge in [0.05, 0.1) is 6.04 Å². The van der Waals surface area contributed by atoms with Crippen LogP contribution in [0.2, 0.25) is 5.02 Å². The predicted octanol–water partition coefficient (Wildman–Crippen LogP) is 4.08. The molecular weight excluding hydrogens is 284 g/mol. The van der Waals surface area contributed by atoms with E-state index in [1.54, 1.807) is 0 Å². The third kappa shape index (κ3) is 3.52. The highest BCUT2D eigenvalue weighted by Crippen LogP contribution is 2.45. The second-order valence-corrected chi connectivity index (χ2v) is 4.08. The second-order valence-electron chi connectivity index (χ2n) is 3.64. The van der Waals surface area contributed by atoms with E-state index in [0.717, 1.165) is 12.1 Å². The summed E-state index contributed by atoms with van der Waals surface area (Å²) in [4.78, 5) is 0. The summed E-state index contributed by atoms with van der Waals surface area (Å²) in [6.07, 6.45) is -10.9. The quantitative estimate of drug-likeness (QED) is 0.816. The number of nitrogens with two attached hydrogens (primary N) is 1. The lowest BCUT2D eigenvalue weighted by molar-refractivity contribution is -0.290. The van der Waals surface area contributed by atoms with Crippen molar-refractivity contribution in [2.75, 3.05) is 0 Å². The zero-order chi connectivity index (χ0) is 14.1. The third-order valence-electron chi connectivity index (χ3n) is 2.30. The van der Waals surface area contributed by atoms with Crippen molar-refractivity contribution in [2.45, 2.75) is 18.4 Å². The van der Waals surface area contributed by atoms with E-state index in [4.69, 9.17) is 17.3 Å². The molecule has 18 heavy (non-hydrogen) atoms. The molecule has 0 saturated carbocycles. The van der Waals surface area contributed by atoms with Crippen molar-refractivity contribution < 1.29 is 26.3 Å². The number of hydrogen-bond donors (Lipinski definition) is 1. The van der Waals surface area contributed by atoms with Gasteiger partial charge in [0.2, 0.25) is 0 Å². The van der Waals surface area contributed by atoms with E-state index in [0.29, 0.717) is 0 Å². The standard InChI is InChI=1S/C10H8ClF6N/c11-6-3-1-2-5(4-6)7(18)8(9(12,13)14)10(15,16)17/h1-4,7-8H,18H2. The summed E-state index contributed by atoms with van der Waals surface area (Å²) in [5, 5.41) is 0.0195. The van der Waals surface area contributed by atoms with Crippen LogP contribution in [0.15, 0.2) is 24.3 Å². The van der Waals surface area contributed by atoms with Crippen molar-refractivity contribution in [1.29, 1.82) is 0 Å². The van der Waals surface area contributed by atoms with Gasteiger partial charge in [0.15, 0.2) is 5.92 Å². The molecule has 0 fully saturated rings. The van der Waals surface area contributed by atoms with E-state index in [1.165, 1.54) is 12.1 Å². The van der Waals surface area contributed by atoms with Crippen molar-refractivity contribution in [2.24, 2.45) is 11.7 Å². The van der Waals surface area contributed by atoms with Crippen LogP contribution in [0.4, 0.5) is 26.3 Å². The van der Waals surface area contributed by atoms with Crippen molar-refractivity contribution in [3.05, 3.63) is 34.9 Å². The van der Waals surface area contributed by atoms with Gasteiger partial charge in [-0.1, -0.05) is 23.7 Å². The fourth-order valence-electron chi connectivity index (χ4n) is 1.50. The lowest BCUT2D eigenvalue weighted by Gasteiger charge is -2.28. The first kappa shape index (κ1) is 15.1. The number of hydrogen-bond acceptors (Lipinski definition) is 1. The Morgan fingerprint density at radius 1 is 1.00 bits per heavy atom. The van der Waals surface area contributed by atoms with Crippen molar-refractivity contribution in [3.8, 4) is 0 Å². The smallest absolute Gasteiger partial charge is 0.323 e. The zero-order valence-electron chi connectivity index (χ0n) is 8.69. The fraction of sp³-hybridized carbons (Fsp3) is 0.400. The topological polar surface area (TPSA) is 26.0 Å². The monoisotopic (exact) mass is 291 g/mol. The summed E-state index contributed by atoms with van der Waals surface area (Å²) in [5.41, 5.74) is 4.76. The average molecular weight is 292 g/mol. The van der Waals surface area contributed by atoms with Gasteiger partial charge in [0.1, 0.15) is 0 Å². The fourth-order valence-corrected chi connectivity index (χ4v) is 1.70. The van der Waals surface area contributed by atoms with Crippen LogP contribution in [-0.4, -0.2) is 12.4 Å². The molecule has 0 heterocycles. The molecule has 0 aliphatic carbocycles. The van der Waals surface area contributed by atoms with Crippen LogP contribution in [-0.2, 0) is 0 Å². The average Bonchev–Trinajstić information content (AvgIpc) is 2.12. The first-order valence-electron chi connectivity index (χ1n) is 4.68. The maximum Gasteiger partial charge on any atom is 0.402 e. The van der Waals surface area contributed by atoms with Gasteiger partial charge in [-0.15, -0.1) is 0 Å². The molecule has 102 valence electrons. The summed E-state index contributed by atoms with van der Waals surface area (Å²) in [7, 11) is 0. The highest BCUT2D eigenvalue weighted by Gasteiger charge is 2.59. The molecule has 0 radical (unpaired) electrons. The van der Waals surface area contributed by atoms with Crippen LogP contribution in [0.25, 0.3) is 0 Å². The Hall–Kier alpha value is -0.950. The van der Waals surface area contributed by atoms with Crippen LogP contribution in [0.3, 0.4) is 0 Å². The van der Waals surface area contributed by atoms with E-state index >= 15 is 0 Å². The maximum atomic E-state index is 12.4. The maximum absolute atomic E-state index is 12.4. The number of benzene rings is 1. The number of rotatable bonds is 2. The summed E-state index contributed by atoms with van der Waals surface area (Å²) in [6, 6.07) is 2.37. The van der Waals surface area contributed by atoms with Gasteiger partial charge in [-0.2, -0.15) is 26.3 Å². The highest BCUT2D eigenvalue weighted by molar-refractivity contribution is 6.30. The zero-order valence-corrected chi connectivity index (χ0v) is 9.44. The Morgan fingerprint density at radius 2 is 1.50 bits per heavy atom. The van der Waals surface area contributed by atoms with Crippen LogP contribution < -0.4 is 5.73 Å². The number of halogens is 7. The summed E-state index contributed by atoms with van der Waals surface area (Å²) < 4.78 is 74.5. The normalized spacial score (nSPS) is 14.9. The molecule has 1 aromatic carbocycles. The number of alkyl halides is 6. The molecule has 1 rings (SSSR count). The molecule has 0 saturated heterocycles. The van der Waals surface area contributed by atoms with E-state index < -0.39 is 24.3 Å². The van der Waals surface area contributed by atoms with Gasteiger partial charge >= 0.3 is 12.4 Å². The molecule has 1 unspecified atom stereocenters. The minimum atomic E-state index is -5.47. The molecule has 0 spiro atoms. The van der Waals surface area contributed by atoms with Gasteiger partial charge in [0, 0.05) is 5.02 Å². The Balaban J connectivity index is 3.15. The van der Waals surface area contributed by atoms with Gasteiger partial charge in [0.25, 0.3) is 0 Å². The molecule has 8 heteroatoms. The predicted molar refractivity (Wildman–Crippen MR) is 54.0 cm³/mol. The van der Waals surface area contributed by atoms with Gasteiger partial charge in [-0.25, -0.2) is 0 Å². The van der Waals surface area contributed by atoms with E-state index in [1.807, 2.05) is 0 Å². The van der Waals surface area contributed by atoms with Gasteiger partial charge in [-0.3, -0.25) is 0 Å². The first-order valence-corrected chi connectivity index (χ1v) is 5.05. The molecule has 0 amide bonds. The summed E-state index contributed by atoms with van der Waals surface area (Å²) >= 11 is 5.50. The molecular formula is C10H8ClF6N. The largest absolute Gasteiger partial charge is 0.402 e. The van der Waals surface area contributed by atoms with Crippen LogP contribution >= 0.6 is 11.6 Å². The van der Waals surface area contributed by atoms with Gasteiger partial charge < -0.3 is 5.73 Å². The molecule has 0 aliphatic heterocycles. The molecule has 0 bridgehead atoms. The summed E-state index contributed by atoms with van der Waals surface area (Å²) in [5.74, 6) is -3.62. The Morgan fingerprint density at radius 3 is 1.89 bits per heavy atom. The van der Waals surface area contributed by atoms with Crippen molar-refractivity contribution in [3.63, 3.8) is 0 Å². The first-order chi connectivity index (χ1) is 8.03. The van der Waals surface area contributed by atoms with Crippen LogP contribution in [0.5, 0.6) is 0 Å². The van der Waals surface area contributed by atoms with Crippen LogP contribution in [0, 0.1) is 5.92 Å². The molecule has 0 aliphatic rings. The Labute approximate surface area is 104 Å². The molecule has 1 atom stereocenters. The lowest BCUT2D eigenvalue weighted by Crippen LogP contribution is -2.43. The minimum absolute atomic E-state index is 0.0195. The third-order valence-corrected chi connectivity index (χ3v) is 2.53.